The van der Waals surface area contributed by atoms with Gasteiger partial charge in [-0.25, -0.2) is 9.78 Å². The van der Waals surface area contributed by atoms with Crippen molar-refractivity contribution < 1.29 is 82.4 Å². The van der Waals surface area contributed by atoms with E-state index >= 15 is 0 Å². The average Bonchev–Trinajstić information content (AvgIpc) is 1.61. The SMILES string of the molecule is CC(C)C[C@@H]1NC(=O)[C@H](CCC(N)=O)NC(=O)CNC(=O)[C@H](CCCCN)NC(=O)[C@H](CO)NC(=O)[C@H](C(C)C)NC(=O)[C@@H]2CCCN2C(=O)[C@H](C(C)C)NC(=O)[C@@H](NC(=O)[C@H](CCC(=O)O)NC(=O)[C@@H](N)CSSc2ccccn2)CSSC[C@@H](C(=O)O)NC1=O. The number of carbonyl (C=O) groups is 14. The summed E-state index contributed by atoms with van der Waals surface area (Å²) < 4.78 is 0. The van der Waals surface area contributed by atoms with E-state index in [4.69, 9.17) is 17.2 Å². The summed E-state index contributed by atoms with van der Waals surface area (Å²) in [4.78, 5) is 196. The van der Waals surface area contributed by atoms with Crippen molar-refractivity contribution in [3.05, 3.63) is 24.4 Å². The molecular formula is C56H89N15O17S4. The summed E-state index contributed by atoms with van der Waals surface area (Å²) in [5, 5.41) is 55.9. The highest BCUT2D eigenvalue weighted by molar-refractivity contribution is 8.77. The quantitative estimate of drug-likeness (QED) is 0.0356. The van der Waals surface area contributed by atoms with E-state index in [0.717, 1.165) is 21.6 Å². The van der Waals surface area contributed by atoms with Crippen molar-refractivity contribution in [3.8, 4) is 0 Å². The summed E-state index contributed by atoms with van der Waals surface area (Å²) in [5.74, 6) is -16.5. The van der Waals surface area contributed by atoms with E-state index in [0.29, 0.717) is 17.9 Å². The second kappa shape index (κ2) is 40.9. The third kappa shape index (κ3) is 27.7. The monoisotopic (exact) mass is 1370 g/mol. The number of carbonyl (C=O) groups excluding carboxylic acids is 12. The number of nitrogens with zero attached hydrogens (tertiary/aromatic N) is 2. The van der Waals surface area contributed by atoms with Gasteiger partial charge in [0.1, 0.15) is 65.4 Å². The summed E-state index contributed by atoms with van der Waals surface area (Å²) in [6.07, 6.45) is 0.537. The summed E-state index contributed by atoms with van der Waals surface area (Å²) in [6, 6.07) is -11.0. The van der Waals surface area contributed by atoms with Crippen molar-refractivity contribution >= 4 is 126 Å². The number of aliphatic carboxylic acids is 2. The maximum absolute atomic E-state index is 14.7. The molecule has 0 aromatic carbocycles. The lowest BCUT2D eigenvalue weighted by Gasteiger charge is -2.33. The van der Waals surface area contributed by atoms with Gasteiger partial charge in [0, 0.05) is 42.8 Å². The minimum Gasteiger partial charge on any atom is -0.481 e. The van der Waals surface area contributed by atoms with Crippen LogP contribution in [0, 0.1) is 17.8 Å². The van der Waals surface area contributed by atoms with Crippen LogP contribution in [0.15, 0.2) is 29.4 Å². The van der Waals surface area contributed by atoms with Gasteiger partial charge in [0.15, 0.2) is 0 Å². The molecule has 32 nitrogen and oxygen atoms in total. The van der Waals surface area contributed by atoms with Crippen molar-refractivity contribution in [3.63, 3.8) is 0 Å². The van der Waals surface area contributed by atoms with Crippen LogP contribution < -0.4 is 70.4 Å². The highest BCUT2D eigenvalue weighted by Gasteiger charge is 2.42. The minimum absolute atomic E-state index is 0.00936. The standard InChI is InChI=1S/C56H89N15O17S4/c1-28(2)22-35-50(81)68-38(56(87)88)27-90-89-26-37(67-49(80)34(16-18-43(75)76)63-46(77)31(58)25-91-92-42-14-8-10-20-60-42)52(83)70-45(30(5)6)55(86)71-21-11-13-39(71)53(84)69-44(29(3)4)54(85)66-36(24-72)51(82)64-32(12-7-9-19-57)47(78)61-23-41(74)62-33(48(79)65-35)15-17-40(59)73/h8,10,14,20,28-39,44-45,72H,7,9,11-13,15-19,21-27,57-58H2,1-6H3,(H2,59,73)(H,61,78)(H,62,74)(H,63,77)(H,64,82)(H,65,79)(H,66,85)(H,67,80)(H,68,81)(H,69,84)(H,70,83)(H,75,76)(H,87,88)/t31-,32-,33-,34-,35-,36-,37-,38-,39-,44-,45-/m0/s1. The molecule has 1 aromatic heterocycles. The number of pyridine rings is 1. The Labute approximate surface area is 548 Å². The fraction of sp³-hybridized carbons (Fsp3) is 0.661. The molecule has 11 atom stereocenters. The number of aliphatic hydroxyl groups excluding tert-OH is 1. The Balaban J connectivity index is 2.12. The van der Waals surface area contributed by atoms with Crippen LogP contribution >= 0.6 is 43.2 Å². The molecule has 514 valence electrons. The van der Waals surface area contributed by atoms with Gasteiger partial charge in [-0.2, -0.15) is 0 Å². The zero-order valence-corrected chi connectivity index (χ0v) is 55.5. The van der Waals surface area contributed by atoms with Crippen LogP contribution in [0.2, 0.25) is 0 Å². The fourth-order valence-corrected chi connectivity index (χ4v) is 13.5. The molecule has 0 saturated carbocycles. The van der Waals surface area contributed by atoms with Gasteiger partial charge in [0.2, 0.25) is 70.9 Å². The van der Waals surface area contributed by atoms with E-state index in [-0.39, 0.29) is 50.4 Å². The van der Waals surface area contributed by atoms with Crippen molar-refractivity contribution in [2.75, 3.05) is 43.5 Å². The van der Waals surface area contributed by atoms with E-state index in [1.165, 1.54) is 26.5 Å². The number of carboxylic acids is 2. The van der Waals surface area contributed by atoms with Crippen molar-refractivity contribution in [1.82, 2.24) is 63.1 Å². The zero-order chi connectivity index (χ0) is 68.8. The van der Waals surface area contributed by atoms with Gasteiger partial charge in [0.25, 0.3) is 0 Å². The number of hydrogen-bond donors (Lipinski definition) is 16. The number of unbranched alkanes of at least 4 members (excludes halogenated alkanes) is 1. The average molecular weight is 1370 g/mol. The van der Waals surface area contributed by atoms with Gasteiger partial charge < -0.3 is 90.6 Å². The second-order valence-corrected chi connectivity index (χ2v) is 27.9. The van der Waals surface area contributed by atoms with Gasteiger partial charge in [-0.1, -0.05) is 80.0 Å². The van der Waals surface area contributed by atoms with E-state index in [9.17, 15) is 82.4 Å². The van der Waals surface area contributed by atoms with Gasteiger partial charge >= 0.3 is 11.9 Å². The molecule has 2 saturated heterocycles. The number of rotatable bonds is 24. The second-order valence-electron chi connectivity index (χ2n) is 22.9. The molecular weight excluding hydrogens is 1280 g/mol. The largest absolute Gasteiger partial charge is 0.481 e. The van der Waals surface area contributed by atoms with Crippen LogP contribution in [0.3, 0.4) is 0 Å². The van der Waals surface area contributed by atoms with E-state index in [2.05, 4.69) is 58.2 Å². The Morgan fingerprint density at radius 3 is 1.97 bits per heavy atom. The first-order valence-corrected chi connectivity index (χ1v) is 34.8. The molecule has 0 bridgehead atoms. The predicted octanol–water partition coefficient (Wildman–Crippen LogP) is -3.29. The van der Waals surface area contributed by atoms with Crippen molar-refractivity contribution in [2.45, 2.75) is 177 Å². The van der Waals surface area contributed by atoms with Crippen LogP contribution in [-0.4, -0.2) is 218 Å². The van der Waals surface area contributed by atoms with Crippen molar-refractivity contribution in [2.24, 2.45) is 35.0 Å². The molecule has 2 aliphatic heterocycles. The number of hydrogen-bond acceptors (Lipinski definition) is 22. The lowest BCUT2D eigenvalue weighted by atomic mass is 10.0. The molecule has 0 spiro atoms. The first kappa shape index (κ1) is 79.2. The van der Waals surface area contributed by atoms with Crippen LogP contribution in [0.5, 0.6) is 0 Å². The lowest BCUT2D eigenvalue weighted by Crippen LogP contribution is -2.62. The van der Waals surface area contributed by atoms with Crippen LogP contribution in [0.1, 0.15) is 106 Å². The Hall–Kier alpha value is -6.99. The lowest BCUT2D eigenvalue weighted by molar-refractivity contribution is -0.143. The number of carboxylic acid groups (broad SMARTS) is 2. The summed E-state index contributed by atoms with van der Waals surface area (Å²) in [5.41, 5.74) is 17.3. The zero-order valence-electron chi connectivity index (χ0n) is 52.2. The Kier molecular flexibility index (Phi) is 35.2. The third-order valence-corrected chi connectivity index (χ3v) is 19.0. The van der Waals surface area contributed by atoms with Gasteiger partial charge in [-0.15, -0.1) is 0 Å². The van der Waals surface area contributed by atoms with Crippen LogP contribution in [-0.2, 0) is 67.1 Å². The number of primary amides is 1. The number of aromatic nitrogens is 1. The molecule has 0 unspecified atom stereocenters. The first-order chi connectivity index (χ1) is 43.5. The molecule has 12 amide bonds. The Morgan fingerprint density at radius 1 is 0.728 bits per heavy atom. The number of amides is 12. The number of aliphatic hydroxyl groups is 1. The third-order valence-electron chi connectivity index (χ3n) is 14.3. The summed E-state index contributed by atoms with van der Waals surface area (Å²) in [7, 11) is 4.06. The molecule has 3 rings (SSSR count). The maximum atomic E-state index is 14.7. The van der Waals surface area contributed by atoms with E-state index in [1.54, 1.807) is 65.9 Å². The van der Waals surface area contributed by atoms with Crippen LogP contribution in [0.4, 0.5) is 0 Å². The summed E-state index contributed by atoms with van der Waals surface area (Å²) >= 11 is 0. The van der Waals surface area contributed by atoms with E-state index < -0.39 is 211 Å². The normalized spacial score (nSPS) is 24.2. The molecule has 36 heteroatoms. The molecule has 92 heavy (non-hydrogen) atoms. The van der Waals surface area contributed by atoms with Crippen molar-refractivity contribution in [1.29, 1.82) is 0 Å². The maximum Gasteiger partial charge on any atom is 0.327 e. The van der Waals surface area contributed by atoms with Gasteiger partial charge in [-0.05, 0) is 98.6 Å². The number of fused-ring (bicyclic) bond motifs is 1. The van der Waals surface area contributed by atoms with Gasteiger partial charge in [-0.3, -0.25) is 62.3 Å². The topological polar surface area (TPSA) is 514 Å². The smallest absolute Gasteiger partial charge is 0.327 e. The molecule has 1 aromatic rings. The molecule has 2 aliphatic rings. The van der Waals surface area contributed by atoms with Crippen LogP contribution in [0.25, 0.3) is 0 Å². The van der Waals surface area contributed by atoms with Gasteiger partial charge in [0.05, 0.1) is 19.2 Å². The molecule has 0 aliphatic carbocycles. The molecule has 19 N–H and O–H groups in total. The number of nitrogens with two attached hydrogens (primary N) is 3. The molecule has 2 fully saturated rings. The first-order valence-electron chi connectivity index (χ1n) is 30.0. The molecule has 3 heterocycles. The Bertz CT molecular complexity index is 2720. The highest BCUT2D eigenvalue weighted by Crippen LogP contribution is 2.29. The Morgan fingerprint density at radius 2 is 1.36 bits per heavy atom. The minimum atomic E-state index is -1.71. The summed E-state index contributed by atoms with van der Waals surface area (Å²) in [6.45, 7) is 8.14. The van der Waals surface area contributed by atoms with E-state index in [1.807, 2.05) is 0 Å². The highest BCUT2D eigenvalue weighted by atomic mass is 33.1. The number of nitrogens with one attached hydrogen (secondary N) is 10. The predicted molar refractivity (Wildman–Crippen MR) is 343 cm³/mol. The molecule has 0 radical (unpaired) electrons. The fourth-order valence-electron chi connectivity index (χ4n) is 9.18.